The van der Waals surface area contributed by atoms with E-state index in [9.17, 15) is 0 Å². The first kappa shape index (κ1) is 17.3. The molecule has 3 saturated carbocycles. The number of benzene rings is 1. The van der Waals surface area contributed by atoms with E-state index >= 15 is 0 Å². The molecule has 136 valence electrons. The Hall–Kier alpha value is -1.09. The van der Waals surface area contributed by atoms with Gasteiger partial charge < -0.3 is 9.47 Å². The fourth-order valence-electron chi connectivity index (χ4n) is 6.94. The van der Waals surface area contributed by atoms with Crippen molar-refractivity contribution in [1.29, 1.82) is 0 Å². The van der Waals surface area contributed by atoms with Crippen LogP contribution in [0.5, 0.6) is 5.75 Å². The molecule has 0 aliphatic heterocycles. The molecule has 1 unspecified atom stereocenters. The summed E-state index contributed by atoms with van der Waals surface area (Å²) in [7, 11) is 0. The van der Waals surface area contributed by atoms with Gasteiger partial charge in [0.25, 0.3) is 0 Å². The second kappa shape index (κ2) is 5.70. The van der Waals surface area contributed by atoms with Crippen LogP contribution < -0.4 is 4.74 Å². The Kier molecular flexibility index (Phi) is 3.95. The van der Waals surface area contributed by atoms with E-state index in [2.05, 4.69) is 27.7 Å². The highest BCUT2D eigenvalue weighted by molar-refractivity contribution is 7.79. The van der Waals surface area contributed by atoms with Crippen molar-refractivity contribution in [3.63, 3.8) is 0 Å². The minimum absolute atomic E-state index is 0.213. The summed E-state index contributed by atoms with van der Waals surface area (Å²) >= 11 is 5.47. The molecule has 3 heteroatoms. The molecule has 2 nitrogen and oxygen atoms in total. The van der Waals surface area contributed by atoms with E-state index in [0.717, 1.165) is 18.1 Å². The SMILES string of the molecule is Cc1ccc(OC(=S)OC2CC[C@]3(C)CC(C)(C)[C@H]4CCC[C@]243)cc1. The highest BCUT2D eigenvalue weighted by Crippen LogP contribution is 2.76. The molecule has 1 aromatic rings. The van der Waals surface area contributed by atoms with Crippen molar-refractivity contribution in [3.05, 3.63) is 29.8 Å². The van der Waals surface area contributed by atoms with E-state index in [-0.39, 0.29) is 11.5 Å². The summed E-state index contributed by atoms with van der Waals surface area (Å²) in [5, 5.41) is 0.294. The van der Waals surface area contributed by atoms with E-state index in [1.165, 1.54) is 37.7 Å². The molecule has 0 amide bonds. The first-order valence-corrected chi connectivity index (χ1v) is 10.1. The van der Waals surface area contributed by atoms with Crippen LogP contribution in [-0.2, 0) is 4.74 Å². The van der Waals surface area contributed by atoms with Gasteiger partial charge in [0.2, 0.25) is 0 Å². The summed E-state index contributed by atoms with van der Waals surface area (Å²) in [6, 6.07) is 7.99. The number of hydrogen-bond acceptors (Lipinski definition) is 3. The number of ether oxygens (including phenoxy) is 2. The zero-order valence-electron chi connectivity index (χ0n) is 15.9. The predicted molar refractivity (Wildman–Crippen MR) is 105 cm³/mol. The first-order valence-electron chi connectivity index (χ1n) is 9.72. The molecule has 1 aromatic carbocycles. The largest absolute Gasteiger partial charge is 0.453 e. The third-order valence-corrected chi connectivity index (χ3v) is 7.79. The van der Waals surface area contributed by atoms with Crippen molar-refractivity contribution in [2.45, 2.75) is 72.3 Å². The van der Waals surface area contributed by atoms with Gasteiger partial charge in [0, 0.05) is 17.6 Å². The summed E-state index contributed by atoms with van der Waals surface area (Å²) in [5.41, 5.74) is 2.30. The lowest BCUT2D eigenvalue weighted by Gasteiger charge is -2.42. The van der Waals surface area contributed by atoms with Crippen LogP contribution in [0.15, 0.2) is 24.3 Å². The average Bonchev–Trinajstić information content (AvgIpc) is 3.13. The van der Waals surface area contributed by atoms with Crippen LogP contribution in [0.1, 0.15) is 64.9 Å². The molecule has 0 aromatic heterocycles. The lowest BCUT2D eigenvalue weighted by molar-refractivity contribution is -0.0215. The second-order valence-corrected chi connectivity index (χ2v) is 9.85. The van der Waals surface area contributed by atoms with E-state index in [1.807, 2.05) is 24.3 Å². The van der Waals surface area contributed by atoms with Crippen molar-refractivity contribution >= 4 is 17.5 Å². The van der Waals surface area contributed by atoms with Crippen LogP contribution in [0, 0.1) is 29.1 Å². The quantitative estimate of drug-likeness (QED) is 0.599. The smallest absolute Gasteiger partial charge is 0.358 e. The van der Waals surface area contributed by atoms with Gasteiger partial charge in [0.1, 0.15) is 11.9 Å². The Labute approximate surface area is 157 Å². The van der Waals surface area contributed by atoms with E-state index in [4.69, 9.17) is 21.7 Å². The number of hydrogen-bond donors (Lipinski definition) is 0. The average molecular weight is 359 g/mol. The van der Waals surface area contributed by atoms with Crippen molar-refractivity contribution < 1.29 is 9.47 Å². The molecule has 1 spiro atoms. The van der Waals surface area contributed by atoms with Gasteiger partial charge in [0.15, 0.2) is 0 Å². The number of aryl methyl sites for hydroxylation is 1. The molecule has 3 fully saturated rings. The zero-order chi connectivity index (χ0) is 17.9. The Morgan fingerprint density at radius 2 is 1.80 bits per heavy atom. The molecular formula is C22H30O2S. The van der Waals surface area contributed by atoms with Crippen LogP contribution in [0.4, 0.5) is 0 Å². The van der Waals surface area contributed by atoms with Gasteiger partial charge in [-0.2, -0.15) is 0 Å². The van der Waals surface area contributed by atoms with Gasteiger partial charge in [-0.25, -0.2) is 0 Å². The van der Waals surface area contributed by atoms with E-state index in [1.54, 1.807) is 0 Å². The van der Waals surface area contributed by atoms with Crippen LogP contribution in [0.3, 0.4) is 0 Å². The maximum Gasteiger partial charge on any atom is 0.358 e. The Balaban J connectivity index is 1.53. The maximum atomic E-state index is 6.33. The summed E-state index contributed by atoms with van der Waals surface area (Å²) < 4.78 is 12.2. The van der Waals surface area contributed by atoms with Crippen molar-refractivity contribution in [1.82, 2.24) is 0 Å². The van der Waals surface area contributed by atoms with Gasteiger partial charge >= 0.3 is 5.24 Å². The monoisotopic (exact) mass is 358 g/mol. The molecular weight excluding hydrogens is 328 g/mol. The van der Waals surface area contributed by atoms with Gasteiger partial charge in [0.05, 0.1) is 0 Å². The van der Waals surface area contributed by atoms with E-state index in [0.29, 0.717) is 16.1 Å². The number of thiocarbonyl (C=S) groups is 1. The normalized spacial score (nSPS) is 38.2. The van der Waals surface area contributed by atoms with Crippen LogP contribution in [-0.4, -0.2) is 11.3 Å². The molecule has 0 bridgehead atoms. The Morgan fingerprint density at radius 1 is 1.08 bits per heavy atom. The topological polar surface area (TPSA) is 18.5 Å². The standard InChI is InChI=1S/C22H30O2S/c1-15-7-9-16(10-8-15)23-19(25)24-18-11-13-21(4)14-20(2,3)17-6-5-12-22(17,18)21/h7-10,17-18H,5-6,11-14H2,1-4H3/t17-,18?,21-,22-/m1/s1. The third kappa shape index (κ3) is 2.53. The zero-order valence-corrected chi connectivity index (χ0v) is 16.7. The lowest BCUT2D eigenvalue weighted by Crippen LogP contribution is -2.43. The van der Waals surface area contributed by atoms with Gasteiger partial charge in [-0.1, -0.05) is 44.9 Å². The summed E-state index contributed by atoms with van der Waals surface area (Å²) in [6.45, 7) is 9.51. The van der Waals surface area contributed by atoms with Gasteiger partial charge in [-0.15, -0.1) is 0 Å². The van der Waals surface area contributed by atoms with Crippen molar-refractivity contribution in [2.75, 3.05) is 0 Å². The molecule has 0 heterocycles. The van der Waals surface area contributed by atoms with Gasteiger partial charge in [-0.05, 0) is 67.9 Å². The summed E-state index contributed by atoms with van der Waals surface area (Å²) in [5.74, 6) is 1.52. The Morgan fingerprint density at radius 3 is 2.52 bits per heavy atom. The molecule has 0 radical (unpaired) electrons. The molecule has 25 heavy (non-hydrogen) atoms. The summed E-state index contributed by atoms with van der Waals surface area (Å²) in [6.07, 6.45) is 7.85. The number of rotatable bonds is 2. The van der Waals surface area contributed by atoms with Crippen LogP contribution in [0.2, 0.25) is 0 Å². The molecule has 0 saturated heterocycles. The summed E-state index contributed by atoms with van der Waals surface area (Å²) in [4.78, 5) is 0. The van der Waals surface area contributed by atoms with Crippen molar-refractivity contribution in [2.24, 2.45) is 22.2 Å². The fraction of sp³-hybridized carbons (Fsp3) is 0.682. The molecule has 4 rings (SSSR count). The molecule has 0 N–H and O–H groups in total. The highest BCUT2D eigenvalue weighted by Gasteiger charge is 2.71. The lowest BCUT2D eigenvalue weighted by atomic mass is 9.65. The molecule has 3 aliphatic rings. The Bertz CT molecular complexity index is 680. The second-order valence-electron chi connectivity index (χ2n) is 9.52. The molecule has 3 aliphatic carbocycles. The fourth-order valence-corrected chi connectivity index (χ4v) is 7.16. The highest BCUT2D eigenvalue weighted by atomic mass is 32.1. The van der Waals surface area contributed by atoms with Gasteiger partial charge in [-0.3, -0.25) is 0 Å². The van der Waals surface area contributed by atoms with E-state index < -0.39 is 0 Å². The minimum Gasteiger partial charge on any atom is -0.453 e. The predicted octanol–water partition coefficient (Wildman–Crippen LogP) is 6.06. The van der Waals surface area contributed by atoms with Crippen molar-refractivity contribution in [3.8, 4) is 5.75 Å². The molecule has 4 atom stereocenters. The van der Waals surface area contributed by atoms with Crippen LogP contribution in [0.25, 0.3) is 0 Å². The first-order chi connectivity index (χ1) is 11.8. The minimum atomic E-state index is 0.213. The third-order valence-electron chi connectivity index (χ3n) is 7.61. The van der Waals surface area contributed by atoms with Crippen LogP contribution >= 0.6 is 12.2 Å². The maximum absolute atomic E-state index is 6.33.